The molecule has 0 bridgehead atoms. The average molecular weight is 358 g/mol. The fourth-order valence-corrected chi connectivity index (χ4v) is 2.55. The number of unbranched alkanes of at least 4 members (excludes halogenated alkanes) is 6. The van der Waals surface area contributed by atoms with Crippen LogP contribution in [-0.2, 0) is 0 Å². The number of benzene rings is 1. The van der Waals surface area contributed by atoms with Crippen molar-refractivity contribution in [2.24, 2.45) is 5.73 Å². The fourth-order valence-electron chi connectivity index (χ4n) is 2.55. The maximum absolute atomic E-state index is 10.8. The number of nitrogens with zero attached hydrogens (tertiary/aromatic N) is 2. The molecule has 0 aliphatic rings. The molecular formula is C20H30N4O2. The molecule has 0 heterocycles. The Morgan fingerprint density at radius 3 is 2.58 bits per heavy atom. The number of ether oxygens (including phenoxy) is 1. The number of hydrogen-bond acceptors (Lipinski definition) is 5. The first-order valence-corrected chi connectivity index (χ1v) is 9.13. The largest absolute Gasteiger partial charge is 0.410 e. The second-order valence-electron chi connectivity index (χ2n) is 6.41. The number of nitriles is 1. The van der Waals surface area contributed by atoms with Crippen molar-refractivity contribution >= 4 is 11.8 Å². The molecule has 3 N–H and O–H groups in total. The van der Waals surface area contributed by atoms with Gasteiger partial charge in [0.2, 0.25) is 0 Å². The predicted octanol–water partition coefficient (Wildman–Crippen LogP) is 4.58. The normalized spacial score (nSPS) is 10.9. The zero-order valence-corrected chi connectivity index (χ0v) is 16.0. The van der Waals surface area contributed by atoms with Crippen molar-refractivity contribution in [2.45, 2.75) is 51.9 Å². The molecule has 0 saturated heterocycles. The zero-order chi connectivity index (χ0) is 19.4. The molecule has 0 atom stereocenters. The molecule has 1 aromatic carbocycles. The van der Waals surface area contributed by atoms with Crippen molar-refractivity contribution in [3.63, 3.8) is 0 Å². The summed E-state index contributed by atoms with van der Waals surface area (Å²) >= 11 is 0. The standard InChI is InChI=1S/C20H30N4O2/c1-4-5-6-7-8-9-10-11-19(24(2)3)23-18-13-12-17(26-20(22)25)14-16(18)15-21/h11-14,23H,4-10H2,1-3H3,(H2,22,25). The summed E-state index contributed by atoms with van der Waals surface area (Å²) < 4.78 is 4.82. The maximum Gasteiger partial charge on any atom is 0.409 e. The van der Waals surface area contributed by atoms with E-state index in [-0.39, 0.29) is 5.75 Å². The van der Waals surface area contributed by atoms with Crippen LogP contribution in [0.5, 0.6) is 5.75 Å². The van der Waals surface area contributed by atoms with Gasteiger partial charge in [0.05, 0.1) is 11.3 Å². The number of hydrogen-bond donors (Lipinski definition) is 2. The SMILES string of the molecule is CCCCCCCCC=C(Nc1ccc(OC(N)=O)cc1C#N)N(C)C. The lowest BCUT2D eigenvalue weighted by Gasteiger charge is -2.20. The van der Waals surface area contributed by atoms with E-state index >= 15 is 0 Å². The smallest absolute Gasteiger partial charge is 0.409 e. The maximum atomic E-state index is 10.8. The third-order valence-electron chi connectivity index (χ3n) is 3.97. The summed E-state index contributed by atoms with van der Waals surface area (Å²) in [4.78, 5) is 12.8. The first-order valence-electron chi connectivity index (χ1n) is 9.13. The van der Waals surface area contributed by atoms with Crippen molar-refractivity contribution in [3.8, 4) is 11.8 Å². The number of nitrogens with two attached hydrogens (primary N) is 1. The van der Waals surface area contributed by atoms with Gasteiger partial charge in [0, 0.05) is 20.2 Å². The number of anilines is 1. The predicted molar refractivity (Wildman–Crippen MR) is 105 cm³/mol. The minimum absolute atomic E-state index is 0.252. The van der Waals surface area contributed by atoms with E-state index in [0.29, 0.717) is 11.3 Å². The van der Waals surface area contributed by atoms with Gasteiger partial charge in [-0.2, -0.15) is 5.26 Å². The monoisotopic (exact) mass is 358 g/mol. The van der Waals surface area contributed by atoms with E-state index in [2.05, 4.69) is 24.4 Å². The highest BCUT2D eigenvalue weighted by Crippen LogP contribution is 2.23. The van der Waals surface area contributed by atoms with Gasteiger partial charge in [0.25, 0.3) is 0 Å². The molecule has 1 aromatic rings. The van der Waals surface area contributed by atoms with Crippen LogP contribution in [0.25, 0.3) is 0 Å². The molecule has 1 amide bonds. The molecule has 0 saturated carbocycles. The van der Waals surface area contributed by atoms with E-state index in [1.165, 1.54) is 38.2 Å². The lowest BCUT2D eigenvalue weighted by atomic mass is 10.1. The molecule has 6 nitrogen and oxygen atoms in total. The number of primary amides is 1. The van der Waals surface area contributed by atoms with Crippen molar-refractivity contribution in [2.75, 3.05) is 19.4 Å². The number of nitrogens with one attached hydrogen (secondary N) is 1. The van der Waals surface area contributed by atoms with Crippen molar-refractivity contribution in [1.29, 1.82) is 5.26 Å². The van der Waals surface area contributed by atoms with Gasteiger partial charge in [-0.25, -0.2) is 4.79 Å². The van der Waals surface area contributed by atoms with Gasteiger partial charge in [-0.05, 0) is 31.1 Å². The van der Waals surface area contributed by atoms with E-state index in [0.717, 1.165) is 18.7 Å². The third kappa shape index (κ3) is 7.93. The lowest BCUT2D eigenvalue weighted by Crippen LogP contribution is -2.19. The zero-order valence-electron chi connectivity index (χ0n) is 16.0. The fraction of sp³-hybridized carbons (Fsp3) is 0.500. The Morgan fingerprint density at radius 1 is 1.27 bits per heavy atom. The van der Waals surface area contributed by atoms with Crippen LogP contribution in [0.3, 0.4) is 0 Å². The molecule has 0 aliphatic heterocycles. The molecule has 0 unspecified atom stereocenters. The molecule has 0 spiro atoms. The average Bonchev–Trinajstić information content (AvgIpc) is 2.60. The summed E-state index contributed by atoms with van der Waals surface area (Å²) in [5.74, 6) is 1.18. The molecule has 0 fully saturated rings. The van der Waals surface area contributed by atoms with Crippen molar-refractivity contribution < 1.29 is 9.53 Å². The van der Waals surface area contributed by atoms with E-state index in [9.17, 15) is 10.1 Å². The Kier molecular flexibility index (Phi) is 9.70. The van der Waals surface area contributed by atoms with E-state index in [1.807, 2.05) is 19.0 Å². The Labute approximate surface area is 156 Å². The van der Waals surface area contributed by atoms with Gasteiger partial charge >= 0.3 is 6.09 Å². The van der Waals surface area contributed by atoms with Gasteiger partial charge in [-0.15, -0.1) is 0 Å². The highest BCUT2D eigenvalue weighted by atomic mass is 16.5. The quantitative estimate of drug-likeness (QED) is 0.565. The van der Waals surface area contributed by atoms with Crippen LogP contribution in [0, 0.1) is 11.3 Å². The van der Waals surface area contributed by atoms with Crippen LogP contribution in [0.2, 0.25) is 0 Å². The summed E-state index contributed by atoms with van der Waals surface area (Å²) in [6.07, 6.45) is 9.79. The van der Waals surface area contributed by atoms with Gasteiger partial charge in [-0.3, -0.25) is 0 Å². The Bertz CT molecular complexity index is 648. The molecule has 6 heteroatoms. The van der Waals surface area contributed by atoms with E-state index < -0.39 is 6.09 Å². The summed E-state index contributed by atoms with van der Waals surface area (Å²) in [6.45, 7) is 2.22. The van der Waals surface area contributed by atoms with Crippen LogP contribution in [-0.4, -0.2) is 25.1 Å². The molecule has 26 heavy (non-hydrogen) atoms. The molecule has 0 aromatic heterocycles. The van der Waals surface area contributed by atoms with Crippen LogP contribution >= 0.6 is 0 Å². The summed E-state index contributed by atoms with van der Waals surface area (Å²) in [7, 11) is 3.91. The third-order valence-corrected chi connectivity index (χ3v) is 3.97. The Balaban J connectivity index is 2.70. The van der Waals surface area contributed by atoms with Crippen molar-refractivity contribution in [3.05, 3.63) is 35.7 Å². The number of carbonyl (C=O) groups is 1. The highest BCUT2D eigenvalue weighted by Gasteiger charge is 2.09. The highest BCUT2D eigenvalue weighted by molar-refractivity contribution is 5.70. The van der Waals surface area contributed by atoms with Gasteiger partial charge in [0.15, 0.2) is 0 Å². The van der Waals surface area contributed by atoms with Gasteiger partial charge in [0.1, 0.15) is 17.6 Å². The number of amides is 1. The summed E-state index contributed by atoms with van der Waals surface area (Å²) in [5, 5.41) is 12.6. The molecule has 142 valence electrons. The topological polar surface area (TPSA) is 91.4 Å². The first-order chi connectivity index (χ1) is 12.5. The van der Waals surface area contributed by atoms with Crippen LogP contribution in [0.1, 0.15) is 57.4 Å². The van der Waals surface area contributed by atoms with E-state index in [4.69, 9.17) is 10.5 Å². The second-order valence-corrected chi connectivity index (χ2v) is 6.41. The Morgan fingerprint density at radius 2 is 1.96 bits per heavy atom. The van der Waals surface area contributed by atoms with Crippen LogP contribution < -0.4 is 15.8 Å². The molecule has 0 radical (unpaired) electrons. The van der Waals surface area contributed by atoms with Crippen LogP contribution in [0.4, 0.5) is 10.5 Å². The number of carbonyl (C=O) groups excluding carboxylic acids is 1. The van der Waals surface area contributed by atoms with Crippen LogP contribution in [0.15, 0.2) is 30.1 Å². The summed E-state index contributed by atoms with van der Waals surface area (Å²) in [6, 6.07) is 6.92. The van der Waals surface area contributed by atoms with Gasteiger partial charge < -0.3 is 20.7 Å². The second kappa shape index (κ2) is 11.8. The number of rotatable bonds is 11. The lowest BCUT2D eigenvalue weighted by molar-refractivity contribution is 0.211. The minimum Gasteiger partial charge on any atom is -0.410 e. The Hall–Kier alpha value is -2.68. The molecular weight excluding hydrogens is 328 g/mol. The summed E-state index contributed by atoms with van der Waals surface area (Å²) in [5.41, 5.74) is 6.05. The number of allylic oxidation sites excluding steroid dienone is 1. The molecule has 1 rings (SSSR count). The van der Waals surface area contributed by atoms with Crippen molar-refractivity contribution in [1.82, 2.24) is 4.90 Å². The minimum atomic E-state index is -0.901. The molecule has 0 aliphatic carbocycles. The van der Waals surface area contributed by atoms with E-state index in [1.54, 1.807) is 12.1 Å². The van der Waals surface area contributed by atoms with Gasteiger partial charge in [-0.1, -0.05) is 39.0 Å². The first kappa shape index (κ1) is 21.4.